The van der Waals surface area contributed by atoms with Crippen LogP contribution in [0.15, 0.2) is 42.6 Å². The van der Waals surface area contributed by atoms with E-state index >= 15 is 0 Å². The van der Waals surface area contributed by atoms with Gasteiger partial charge in [0.15, 0.2) is 5.75 Å². The zero-order valence-corrected chi connectivity index (χ0v) is 19.0. The van der Waals surface area contributed by atoms with Crippen molar-refractivity contribution in [2.45, 2.75) is 24.5 Å². The maximum Gasteiger partial charge on any atom is 0.420 e. The van der Waals surface area contributed by atoms with E-state index in [1.807, 2.05) is 0 Å². The lowest BCUT2D eigenvalue weighted by molar-refractivity contribution is -0.143. The molecule has 0 bridgehead atoms. The first kappa shape index (κ1) is 27.9. The molecule has 1 amide bonds. The summed E-state index contributed by atoms with van der Waals surface area (Å²) >= 11 is 0. The second-order valence-electron chi connectivity index (χ2n) is 7.92. The van der Waals surface area contributed by atoms with E-state index in [0.29, 0.717) is 12.3 Å². The van der Waals surface area contributed by atoms with Crippen LogP contribution in [0.3, 0.4) is 0 Å². The molecule has 0 aromatic heterocycles. The number of halogens is 7. The molecular weight excluding hydrogens is 515 g/mol. The lowest BCUT2D eigenvalue weighted by atomic mass is 9.98. The van der Waals surface area contributed by atoms with Crippen LogP contribution in [-0.4, -0.2) is 49.8 Å². The molecule has 3 rings (SSSR count). The van der Waals surface area contributed by atoms with Crippen LogP contribution in [0, 0.1) is 11.2 Å². The summed E-state index contributed by atoms with van der Waals surface area (Å²) in [5.74, 6) is -1.93. The van der Waals surface area contributed by atoms with Crippen molar-refractivity contribution in [1.29, 1.82) is 5.41 Å². The molecule has 0 aliphatic carbocycles. The Bertz CT molecular complexity index is 1180. The van der Waals surface area contributed by atoms with Gasteiger partial charge in [-0.1, -0.05) is 0 Å². The molecule has 2 aromatic rings. The zero-order valence-electron chi connectivity index (χ0n) is 19.0. The molecule has 1 saturated heterocycles. The van der Waals surface area contributed by atoms with Crippen LogP contribution < -0.4 is 15.0 Å². The van der Waals surface area contributed by atoms with Gasteiger partial charge in [0.25, 0.3) is 0 Å². The van der Waals surface area contributed by atoms with Gasteiger partial charge in [-0.05, 0) is 36.4 Å². The summed E-state index contributed by atoms with van der Waals surface area (Å²) in [6.07, 6.45) is -11.7. The normalized spacial score (nSPS) is 18.5. The molecule has 200 valence electrons. The topological polar surface area (TPSA) is 94.9 Å². The van der Waals surface area contributed by atoms with Crippen molar-refractivity contribution >= 4 is 23.6 Å². The van der Waals surface area contributed by atoms with E-state index in [9.17, 15) is 40.6 Å². The Morgan fingerprint density at radius 1 is 1.14 bits per heavy atom. The Kier molecular flexibility index (Phi) is 8.12. The van der Waals surface area contributed by atoms with E-state index in [1.54, 1.807) is 0 Å². The van der Waals surface area contributed by atoms with Crippen molar-refractivity contribution in [1.82, 2.24) is 5.32 Å². The molecule has 2 atom stereocenters. The van der Waals surface area contributed by atoms with Gasteiger partial charge in [0.05, 0.1) is 36.5 Å². The second-order valence-corrected chi connectivity index (χ2v) is 7.92. The Hall–Kier alpha value is -3.65. The second kappa shape index (κ2) is 10.8. The molecule has 2 unspecified atom stereocenters. The summed E-state index contributed by atoms with van der Waals surface area (Å²) in [7, 11) is 1.10. The van der Waals surface area contributed by atoms with Crippen LogP contribution in [0.1, 0.15) is 16.7 Å². The fraction of sp³-hybridized carbons (Fsp3) is 0.304. The number of hydrogen-bond donors (Lipinski definition) is 3. The van der Waals surface area contributed by atoms with Gasteiger partial charge in [0, 0.05) is 36.3 Å². The number of aliphatic hydroxyl groups is 1. The number of amides is 1. The van der Waals surface area contributed by atoms with Gasteiger partial charge in [-0.15, -0.1) is 0 Å². The minimum absolute atomic E-state index is 0.0103. The van der Waals surface area contributed by atoms with Crippen LogP contribution in [0.2, 0.25) is 0 Å². The molecule has 3 N–H and O–H groups in total. The number of anilines is 1. The molecular formula is C23H20F7N3O4. The quantitative estimate of drug-likeness (QED) is 0.364. The van der Waals surface area contributed by atoms with E-state index in [2.05, 4.69) is 5.32 Å². The molecule has 0 spiro atoms. The number of aliphatic hydroxyl groups excluding tert-OH is 1. The highest BCUT2D eigenvalue weighted by atomic mass is 19.4. The molecule has 0 saturated carbocycles. The van der Waals surface area contributed by atoms with E-state index in [0.717, 1.165) is 42.4 Å². The third kappa shape index (κ3) is 6.57. The standard InChI is InChI=1S/C23H20F7N3O4/c1-33(15-4-2-14(24)3-5-15)21(35)37-20-16(12(8-31)9-32-18-10-36-11-19(18)34)6-13(22(25,26)27)7-17(20)23(28,29)30/h2-9,18-19,31-32,34H,10-11H2,1H3/b12-9+,31-8?. The van der Waals surface area contributed by atoms with Gasteiger partial charge >= 0.3 is 18.4 Å². The summed E-state index contributed by atoms with van der Waals surface area (Å²) in [6.45, 7) is -0.0601. The van der Waals surface area contributed by atoms with Gasteiger partial charge in [0.1, 0.15) is 5.82 Å². The van der Waals surface area contributed by atoms with E-state index in [1.165, 1.54) is 0 Å². The third-order valence-corrected chi connectivity index (χ3v) is 5.37. The van der Waals surface area contributed by atoms with Gasteiger partial charge in [-0.3, -0.25) is 4.90 Å². The van der Waals surface area contributed by atoms with Gasteiger partial charge in [0.2, 0.25) is 0 Å². The number of carbonyl (C=O) groups excluding carboxylic acids is 1. The fourth-order valence-electron chi connectivity index (χ4n) is 3.35. The van der Waals surface area contributed by atoms with Crippen LogP contribution in [0.25, 0.3) is 5.57 Å². The maximum atomic E-state index is 13.9. The highest BCUT2D eigenvalue weighted by molar-refractivity contribution is 6.10. The lowest BCUT2D eigenvalue weighted by Crippen LogP contribution is -2.35. The smallest absolute Gasteiger partial charge is 0.409 e. The maximum absolute atomic E-state index is 13.9. The number of alkyl halides is 6. The van der Waals surface area contributed by atoms with E-state index in [4.69, 9.17) is 14.9 Å². The summed E-state index contributed by atoms with van der Waals surface area (Å²) in [5.41, 5.74) is -4.95. The van der Waals surface area contributed by atoms with Crippen LogP contribution in [0.4, 0.5) is 41.2 Å². The number of nitrogens with zero attached hydrogens (tertiary/aromatic N) is 1. The van der Waals surface area contributed by atoms with Crippen molar-refractivity contribution < 1.29 is 50.1 Å². The molecule has 1 aliphatic rings. The van der Waals surface area contributed by atoms with E-state index < -0.39 is 64.4 Å². The third-order valence-electron chi connectivity index (χ3n) is 5.37. The SMILES string of the molecule is CN(C(=O)Oc1c(/C(C=N)=C/NC2COCC2O)cc(C(F)(F)F)cc1C(F)(F)F)c1ccc(F)cc1. The highest BCUT2D eigenvalue weighted by Gasteiger charge is 2.41. The van der Waals surface area contributed by atoms with Crippen molar-refractivity contribution in [2.24, 2.45) is 0 Å². The first-order chi connectivity index (χ1) is 17.2. The molecule has 0 radical (unpaired) electrons. The van der Waals surface area contributed by atoms with Crippen molar-refractivity contribution in [3.05, 3.63) is 65.1 Å². The van der Waals surface area contributed by atoms with Gasteiger partial charge < -0.3 is 25.3 Å². The number of benzene rings is 2. The number of rotatable bonds is 6. The minimum atomic E-state index is -5.39. The molecule has 14 heteroatoms. The molecule has 2 aromatic carbocycles. The molecule has 1 aliphatic heterocycles. The zero-order chi connectivity index (χ0) is 27.5. The van der Waals surface area contributed by atoms with Crippen molar-refractivity contribution in [3.8, 4) is 5.75 Å². The molecule has 37 heavy (non-hydrogen) atoms. The number of hydrogen-bond acceptors (Lipinski definition) is 6. The van der Waals surface area contributed by atoms with Gasteiger partial charge in [-0.25, -0.2) is 9.18 Å². The first-order valence-corrected chi connectivity index (χ1v) is 10.5. The average molecular weight is 535 g/mol. The molecule has 1 fully saturated rings. The van der Waals surface area contributed by atoms with E-state index in [-0.39, 0.29) is 25.0 Å². The Labute approximate surface area is 205 Å². The predicted molar refractivity (Wildman–Crippen MR) is 118 cm³/mol. The number of carbonyl (C=O) groups is 1. The predicted octanol–water partition coefficient (Wildman–Crippen LogP) is 4.84. The lowest BCUT2D eigenvalue weighted by Gasteiger charge is -2.23. The monoisotopic (exact) mass is 535 g/mol. The van der Waals surface area contributed by atoms with Gasteiger partial charge in [-0.2, -0.15) is 26.3 Å². The Morgan fingerprint density at radius 3 is 2.30 bits per heavy atom. The van der Waals surface area contributed by atoms with Crippen LogP contribution in [-0.2, 0) is 17.1 Å². The first-order valence-electron chi connectivity index (χ1n) is 10.5. The Morgan fingerprint density at radius 2 is 1.78 bits per heavy atom. The largest absolute Gasteiger partial charge is 0.420 e. The van der Waals surface area contributed by atoms with Crippen LogP contribution in [0.5, 0.6) is 5.75 Å². The number of nitrogens with one attached hydrogen (secondary N) is 2. The summed E-state index contributed by atoms with van der Waals surface area (Å²) < 4.78 is 105. The molecule has 7 nitrogen and oxygen atoms in total. The molecule has 1 heterocycles. The Balaban J connectivity index is 2.13. The summed E-state index contributed by atoms with van der Waals surface area (Å²) in [5, 5.41) is 20.0. The number of allylic oxidation sites excluding steroid dienone is 1. The fourth-order valence-corrected chi connectivity index (χ4v) is 3.35. The van der Waals surface area contributed by atoms with Crippen LogP contribution >= 0.6 is 0 Å². The number of ether oxygens (including phenoxy) is 2. The highest BCUT2D eigenvalue weighted by Crippen LogP contribution is 2.44. The van der Waals surface area contributed by atoms with Crippen molar-refractivity contribution in [3.63, 3.8) is 0 Å². The summed E-state index contributed by atoms with van der Waals surface area (Å²) in [6, 6.07) is 3.59. The summed E-state index contributed by atoms with van der Waals surface area (Å²) in [4.78, 5) is 13.4. The van der Waals surface area contributed by atoms with Crippen molar-refractivity contribution in [2.75, 3.05) is 25.2 Å². The minimum Gasteiger partial charge on any atom is -0.409 e. The average Bonchev–Trinajstić information content (AvgIpc) is 3.23.